The number of carbonyl (C=O) groups excluding carboxylic acids is 2. The Hall–Kier alpha value is -3.08. The third-order valence-corrected chi connectivity index (χ3v) is 7.63. The zero-order chi connectivity index (χ0) is 24.0. The molecule has 3 N–H and O–H groups in total. The number of nitrogens with one attached hydrogen (secondary N) is 3. The van der Waals surface area contributed by atoms with E-state index in [4.69, 9.17) is 4.98 Å². The maximum absolute atomic E-state index is 11.8. The van der Waals surface area contributed by atoms with Gasteiger partial charge in [-0.15, -0.1) is 0 Å². The zero-order valence-corrected chi connectivity index (χ0v) is 20.7. The minimum atomic E-state index is -0.383. The van der Waals surface area contributed by atoms with Crippen LogP contribution in [-0.2, 0) is 11.3 Å². The molecular formula is C25H26N6O2S2. The van der Waals surface area contributed by atoms with E-state index in [1.165, 1.54) is 5.56 Å². The topological polar surface area (TPSA) is 109 Å². The summed E-state index contributed by atoms with van der Waals surface area (Å²) in [6, 6.07) is 10.4. The zero-order valence-electron chi connectivity index (χ0n) is 19.1. The highest BCUT2D eigenvalue weighted by Gasteiger charge is 2.25. The van der Waals surface area contributed by atoms with Crippen molar-refractivity contribution in [2.45, 2.75) is 38.3 Å². The van der Waals surface area contributed by atoms with Crippen molar-refractivity contribution in [2.24, 2.45) is 5.92 Å². The molecule has 0 aromatic carbocycles. The number of nitrogens with zero attached hydrogens (tertiary/aromatic N) is 3. The molecule has 1 saturated carbocycles. The fourth-order valence-electron chi connectivity index (χ4n) is 4.32. The first-order valence-corrected chi connectivity index (χ1v) is 13.4. The van der Waals surface area contributed by atoms with Crippen molar-refractivity contribution in [1.29, 1.82) is 0 Å². The average Bonchev–Trinajstić information content (AvgIpc) is 3.51. The average molecular weight is 507 g/mol. The summed E-state index contributed by atoms with van der Waals surface area (Å²) in [5, 5.41) is 13.1. The van der Waals surface area contributed by atoms with Crippen molar-refractivity contribution in [3.05, 3.63) is 63.6 Å². The Kier molecular flexibility index (Phi) is 7.51. The number of imide groups is 1. The van der Waals surface area contributed by atoms with Gasteiger partial charge in [-0.3, -0.25) is 19.9 Å². The molecular weight excluding hydrogens is 480 g/mol. The summed E-state index contributed by atoms with van der Waals surface area (Å²) in [5.74, 6) is 0.804. The molecule has 5 rings (SSSR count). The quantitative estimate of drug-likeness (QED) is 0.378. The van der Waals surface area contributed by atoms with Gasteiger partial charge in [0.15, 0.2) is 0 Å². The molecule has 35 heavy (non-hydrogen) atoms. The van der Waals surface area contributed by atoms with E-state index in [1.807, 2.05) is 0 Å². The lowest BCUT2D eigenvalue weighted by molar-refractivity contribution is -0.115. The highest BCUT2D eigenvalue weighted by molar-refractivity contribution is 8.18. The minimum absolute atomic E-state index is 0.323. The molecule has 3 aromatic heterocycles. The van der Waals surface area contributed by atoms with Crippen LogP contribution in [0.5, 0.6) is 0 Å². The molecule has 3 aromatic rings. The van der Waals surface area contributed by atoms with Crippen molar-refractivity contribution in [1.82, 2.24) is 25.6 Å². The number of amides is 2. The van der Waals surface area contributed by atoms with Gasteiger partial charge in [0.2, 0.25) is 5.95 Å². The summed E-state index contributed by atoms with van der Waals surface area (Å²) < 4.78 is 0. The van der Waals surface area contributed by atoms with Gasteiger partial charge in [0, 0.05) is 29.7 Å². The molecule has 0 atom stereocenters. The Morgan fingerprint density at radius 2 is 1.97 bits per heavy atom. The minimum Gasteiger partial charge on any atom is -0.351 e. The van der Waals surface area contributed by atoms with Gasteiger partial charge in [-0.05, 0) is 85.6 Å². The van der Waals surface area contributed by atoms with Crippen LogP contribution in [0.25, 0.3) is 17.3 Å². The van der Waals surface area contributed by atoms with E-state index in [0.29, 0.717) is 28.5 Å². The van der Waals surface area contributed by atoms with Crippen LogP contribution in [0, 0.1) is 5.92 Å². The first-order chi connectivity index (χ1) is 17.1. The number of thioether (sulfide) groups is 1. The predicted octanol–water partition coefficient (Wildman–Crippen LogP) is 4.68. The summed E-state index contributed by atoms with van der Waals surface area (Å²) in [6.45, 7) is 1.75. The van der Waals surface area contributed by atoms with Crippen LogP contribution in [-0.4, -0.2) is 38.7 Å². The first kappa shape index (κ1) is 23.7. The second-order valence-corrected chi connectivity index (χ2v) is 10.5. The third kappa shape index (κ3) is 6.33. The molecule has 0 radical (unpaired) electrons. The fraction of sp³-hybridized carbons (Fsp3) is 0.320. The molecule has 1 saturated heterocycles. The Morgan fingerprint density at radius 1 is 1.09 bits per heavy atom. The van der Waals surface area contributed by atoms with Gasteiger partial charge in [-0.2, -0.15) is 11.3 Å². The van der Waals surface area contributed by atoms with Gasteiger partial charge in [-0.1, -0.05) is 6.07 Å². The second kappa shape index (κ2) is 11.1. The van der Waals surface area contributed by atoms with E-state index in [0.717, 1.165) is 61.9 Å². The second-order valence-electron chi connectivity index (χ2n) is 8.68. The van der Waals surface area contributed by atoms with E-state index in [9.17, 15) is 9.59 Å². The molecule has 8 nitrogen and oxygen atoms in total. The molecule has 0 spiro atoms. The summed E-state index contributed by atoms with van der Waals surface area (Å²) in [6.07, 6.45) is 7.66. The van der Waals surface area contributed by atoms with Crippen molar-refractivity contribution in [2.75, 3.05) is 11.9 Å². The highest BCUT2D eigenvalue weighted by Crippen LogP contribution is 2.27. The largest absolute Gasteiger partial charge is 0.351 e. The van der Waals surface area contributed by atoms with E-state index >= 15 is 0 Å². The number of hydrogen-bond acceptors (Lipinski definition) is 9. The highest BCUT2D eigenvalue weighted by atomic mass is 32.2. The van der Waals surface area contributed by atoms with Crippen LogP contribution in [0.15, 0.2) is 52.2 Å². The van der Waals surface area contributed by atoms with Crippen molar-refractivity contribution < 1.29 is 9.59 Å². The Morgan fingerprint density at radius 3 is 2.74 bits per heavy atom. The molecule has 1 aliphatic carbocycles. The Labute approximate surface area is 212 Å². The standard InChI is InChI=1S/C25H26N6O2S2/c32-23-22(35-25(33)31-23)12-19-8-10-27-24(30-19)29-18-6-4-16(5-7-18)13-26-14-20-2-1-3-21(28-20)17-9-11-34-15-17/h1-3,8-12,15-16,18,26H,4-7,13-14H2,(H,27,29,30)(H,31,32,33)/t16-,18-. The van der Waals surface area contributed by atoms with Crippen LogP contribution in [0.4, 0.5) is 10.7 Å². The summed E-state index contributed by atoms with van der Waals surface area (Å²) in [5.41, 5.74) is 3.86. The van der Waals surface area contributed by atoms with Crippen LogP contribution in [0.3, 0.4) is 0 Å². The monoisotopic (exact) mass is 506 g/mol. The number of aromatic nitrogens is 3. The van der Waals surface area contributed by atoms with Crippen LogP contribution < -0.4 is 16.0 Å². The van der Waals surface area contributed by atoms with E-state index in [-0.39, 0.29) is 11.1 Å². The van der Waals surface area contributed by atoms with Crippen molar-refractivity contribution in [3.63, 3.8) is 0 Å². The number of thiophene rings is 1. The molecule has 2 aliphatic rings. The van der Waals surface area contributed by atoms with Crippen molar-refractivity contribution >= 4 is 46.3 Å². The predicted molar refractivity (Wildman–Crippen MR) is 140 cm³/mol. The first-order valence-electron chi connectivity index (χ1n) is 11.7. The Balaban J connectivity index is 1.07. The van der Waals surface area contributed by atoms with Crippen LogP contribution in [0.2, 0.25) is 0 Å². The van der Waals surface area contributed by atoms with Gasteiger partial charge in [-0.25, -0.2) is 9.97 Å². The Bertz CT molecular complexity index is 1220. The van der Waals surface area contributed by atoms with E-state index in [2.05, 4.69) is 60.9 Å². The van der Waals surface area contributed by atoms with Gasteiger partial charge in [0.1, 0.15) is 0 Å². The lowest BCUT2D eigenvalue weighted by Gasteiger charge is -2.29. The molecule has 1 aliphatic heterocycles. The maximum Gasteiger partial charge on any atom is 0.290 e. The lowest BCUT2D eigenvalue weighted by Crippen LogP contribution is -2.31. The molecule has 2 fully saturated rings. The molecule has 0 unspecified atom stereocenters. The van der Waals surface area contributed by atoms with Gasteiger partial charge < -0.3 is 10.6 Å². The summed E-state index contributed by atoms with van der Waals surface area (Å²) >= 11 is 2.57. The van der Waals surface area contributed by atoms with E-state index < -0.39 is 0 Å². The normalized spacial score (nSPS) is 21.3. The van der Waals surface area contributed by atoms with E-state index in [1.54, 1.807) is 29.7 Å². The number of carbonyl (C=O) groups is 2. The number of rotatable bonds is 8. The van der Waals surface area contributed by atoms with Crippen LogP contribution >= 0.6 is 23.1 Å². The maximum atomic E-state index is 11.8. The third-order valence-electron chi connectivity index (χ3n) is 6.14. The van der Waals surface area contributed by atoms with Crippen LogP contribution in [0.1, 0.15) is 37.1 Å². The molecule has 0 bridgehead atoms. The lowest BCUT2D eigenvalue weighted by atomic mass is 9.86. The van der Waals surface area contributed by atoms with Gasteiger partial charge in [0.05, 0.1) is 22.0 Å². The molecule has 4 heterocycles. The number of anilines is 1. The SMILES string of the molecule is O=C1NC(=O)C(=Cc2ccnc(N[C@H]3CC[C@H](CNCc4cccc(-c5ccsc5)n4)CC3)n2)S1. The van der Waals surface area contributed by atoms with Gasteiger partial charge >= 0.3 is 0 Å². The molecule has 10 heteroatoms. The number of pyridine rings is 1. The summed E-state index contributed by atoms with van der Waals surface area (Å²) in [7, 11) is 0. The fourth-order valence-corrected chi connectivity index (χ4v) is 5.64. The van der Waals surface area contributed by atoms with Crippen molar-refractivity contribution in [3.8, 4) is 11.3 Å². The smallest absolute Gasteiger partial charge is 0.290 e. The van der Waals surface area contributed by atoms with Gasteiger partial charge in [0.25, 0.3) is 11.1 Å². The number of hydrogen-bond donors (Lipinski definition) is 3. The summed E-state index contributed by atoms with van der Waals surface area (Å²) in [4.78, 5) is 37.0. The molecule has 2 amide bonds. The molecule has 180 valence electrons.